The van der Waals surface area contributed by atoms with Crippen molar-refractivity contribution >= 4 is 11.7 Å². The molecule has 2 aromatic rings. The van der Waals surface area contributed by atoms with E-state index >= 15 is 0 Å². The van der Waals surface area contributed by atoms with Gasteiger partial charge in [0.25, 0.3) is 5.91 Å². The van der Waals surface area contributed by atoms with Crippen molar-refractivity contribution in [1.82, 2.24) is 10.3 Å². The summed E-state index contributed by atoms with van der Waals surface area (Å²) < 4.78 is 13.4. The zero-order valence-corrected chi connectivity index (χ0v) is 11.2. The zero-order valence-electron chi connectivity index (χ0n) is 11.2. The summed E-state index contributed by atoms with van der Waals surface area (Å²) in [5, 5.41) is 5.63. The van der Waals surface area contributed by atoms with Crippen molar-refractivity contribution in [1.29, 1.82) is 0 Å². The van der Waals surface area contributed by atoms with Gasteiger partial charge in [0.1, 0.15) is 11.6 Å². The quantitative estimate of drug-likeness (QED) is 0.878. The van der Waals surface area contributed by atoms with Crippen molar-refractivity contribution in [3.05, 3.63) is 59.5 Å². The first-order valence-electron chi connectivity index (χ1n) is 6.36. The molecule has 2 rings (SSSR count). The lowest BCUT2D eigenvalue weighted by Crippen LogP contribution is -2.26. The first-order valence-corrected chi connectivity index (χ1v) is 6.36. The third-order valence-electron chi connectivity index (χ3n) is 2.93. The molecule has 2 N–H and O–H groups in total. The number of nitrogens with zero attached hydrogens (tertiary/aromatic N) is 1. The number of aromatic nitrogens is 1. The Morgan fingerprint density at radius 1 is 1.25 bits per heavy atom. The molecule has 0 bridgehead atoms. The second kappa shape index (κ2) is 6.65. The summed E-state index contributed by atoms with van der Waals surface area (Å²) in [6.45, 7) is 0.373. The Bertz CT molecular complexity index is 601. The smallest absolute Gasteiger partial charge is 0.255 e. The lowest BCUT2D eigenvalue weighted by Gasteiger charge is -2.09. The molecule has 4 nitrogen and oxygen atoms in total. The van der Waals surface area contributed by atoms with Crippen LogP contribution >= 0.6 is 0 Å². The van der Waals surface area contributed by atoms with Crippen LogP contribution in [0, 0.1) is 5.82 Å². The van der Waals surface area contributed by atoms with Gasteiger partial charge in [0.2, 0.25) is 0 Å². The van der Waals surface area contributed by atoms with Crippen LogP contribution in [0.15, 0.2) is 42.6 Å². The molecule has 0 saturated heterocycles. The van der Waals surface area contributed by atoms with Crippen molar-refractivity contribution in [2.75, 3.05) is 18.9 Å². The van der Waals surface area contributed by atoms with Crippen LogP contribution in [0.3, 0.4) is 0 Å². The molecule has 5 heteroatoms. The lowest BCUT2D eigenvalue weighted by molar-refractivity contribution is 0.0954. The molecule has 20 heavy (non-hydrogen) atoms. The highest BCUT2D eigenvalue weighted by Gasteiger charge is 2.10. The lowest BCUT2D eigenvalue weighted by atomic mass is 10.1. The van der Waals surface area contributed by atoms with Gasteiger partial charge in [-0.1, -0.05) is 18.2 Å². The molecule has 0 radical (unpaired) electrons. The molecule has 0 aliphatic carbocycles. The van der Waals surface area contributed by atoms with Crippen molar-refractivity contribution in [3.8, 4) is 0 Å². The van der Waals surface area contributed by atoms with E-state index in [0.29, 0.717) is 29.9 Å². The van der Waals surface area contributed by atoms with Gasteiger partial charge in [0.15, 0.2) is 0 Å². The molecule has 0 fully saturated rings. The maximum atomic E-state index is 13.4. The number of nitrogens with one attached hydrogen (secondary N) is 2. The SMILES string of the molecule is CNc1ncccc1C(=O)NCCc1ccccc1F. The number of rotatable bonds is 5. The summed E-state index contributed by atoms with van der Waals surface area (Å²) in [4.78, 5) is 16.1. The number of carbonyl (C=O) groups excluding carboxylic acids is 1. The highest BCUT2D eigenvalue weighted by Crippen LogP contribution is 2.10. The Hall–Kier alpha value is -2.43. The van der Waals surface area contributed by atoms with Crippen LogP contribution < -0.4 is 10.6 Å². The van der Waals surface area contributed by atoms with E-state index in [4.69, 9.17) is 0 Å². The van der Waals surface area contributed by atoms with Crippen LogP contribution in [-0.4, -0.2) is 24.5 Å². The summed E-state index contributed by atoms with van der Waals surface area (Å²) >= 11 is 0. The molecule has 1 aromatic carbocycles. The van der Waals surface area contributed by atoms with E-state index in [2.05, 4.69) is 15.6 Å². The van der Waals surface area contributed by atoms with Crippen LogP contribution in [0.4, 0.5) is 10.2 Å². The van der Waals surface area contributed by atoms with Crippen molar-refractivity contribution < 1.29 is 9.18 Å². The van der Waals surface area contributed by atoms with Crippen LogP contribution in [0.2, 0.25) is 0 Å². The van der Waals surface area contributed by atoms with E-state index in [0.717, 1.165) is 0 Å². The van der Waals surface area contributed by atoms with E-state index in [9.17, 15) is 9.18 Å². The average Bonchev–Trinajstić information content (AvgIpc) is 2.49. The first-order chi connectivity index (χ1) is 9.72. The van der Waals surface area contributed by atoms with Crippen molar-refractivity contribution in [2.45, 2.75) is 6.42 Å². The third kappa shape index (κ3) is 3.32. The Labute approximate surface area is 117 Å². The van der Waals surface area contributed by atoms with E-state index in [1.807, 2.05) is 0 Å². The number of carbonyl (C=O) groups is 1. The number of hydrogen-bond donors (Lipinski definition) is 2. The van der Waals surface area contributed by atoms with E-state index in [1.165, 1.54) is 6.07 Å². The van der Waals surface area contributed by atoms with Crippen LogP contribution in [-0.2, 0) is 6.42 Å². The molecule has 0 aliphatic heterocycles. The fourth-order valence-electron chi connectivity index (χ4n) is 1.89. The number of halogens is 1. The summed E-state index contributed by atoms with van der Waals surface area (Å²) in [6.07, 6.45) is 2.07. The van der Waals surface area contributed by atoms with E-state index in [1.54, 1.807) is 43.6 Å². The minimum absolute atomic E-state index is 0.223. The second-order valence-corrected chi connectivity index (χ2v) is 4.25. The minimum atomic E-state index is -0.251. The van der Waals surface area contributed by atoms with Gasteiger partial charge in [-0.3, -0.25) is 4.79 Å². The van der Waals surface area contributed by atoms with Crippen LogP contribution in [0.1, 0.15) is 15.9 Å². The van der Waals surface area contributed by atoms with Gasteiger partial charge in [-0.05, 0) is 30.2 Å². The second-order valence-electron chi connectivity index (χ2n) is 4.25. The number of benzene rings is 1. The predicted molar refractivity (Wildman–Crippen MR) is 76.2 cm³/mol. The molecule has 1 aromatic heterocycles. The number of amides is 1. The van der Waals surface area contributed by atoms with Gasteiger partial charge in [0.05, 0.1) is 5.56 Å². The molecule has 0 spiro atoms. The third-order valence-corrected chi connectivity index (χ3v) is 2.93. The maximum Gasteiger partial charge on any atom is 0.255 e. The van der Waals surface area contributed by atoms with Gasteiger partial charge >= 0.3 is 0 Å². The topological polar surface area (TPSA) is 54.0 Å². The van der Waals surface area contributed by atoms with Gasteiger partial charge in [-0.2, -0.15) is 0 Å². The summed E-state index contributed by atoms with van der Waals surface area (Å²) in [6, 6.07) is 9.94. The van der Waals surface area contributed by atoms with Crippen LogP contribution in [0.5, 0.6) is 0 Å². The monoisotopic (exact) mass is 273 g/mol. The summed E-state index contributed by atoms with van der Waals surface area (Å²) in [5.74, 6) is 0.0497. The minimum Gasteiger partial charge on any atom is -0.372 e. The van der Waals surface area contributed by atoms with E-state index in [-0.39, 0.29) is 11.7 Å². The highest BCUT2D eigenvalue weighted by atomic mass is 19.1. The molecule has 0 unspecified atom stereocenters. The fourth-order valence-corrected chi connectivity index (χ4v) is 1.89. The molecule has 104 valence electrons. The van der Waals surface area contributed by atoms with E-state index < -0.39 is 0 Å². The van der Waals surface area contributed by atoms with Gasteiger partial charge < -0.3 is 10.6 Å². The van der Waals surface area contributed by atoms with Gasteiger partial charge in [-0.15, -0.1) is 0 Å². The van der Waals surface area contributed by atoms with Gasteiger partial charge in [-0.25, -0.2) is 9.37 Å². The molecule has 1 amide bonds. The Morgan fingerprint density at radius 2 is 2.05 bits per heavy atom. The van der Waals surface area contributed by atoms with Crippen molar-refractivity contribution in [3.63, 3.8) is 0 Å². The Morgan fingerprint density at radius 3 is 2.80 bits per heavy atom. The molecule has 0 atom stereocenters. The number of pyridine rings is 1. The zero-order chi connectivity index (χ0) is 14.4. The number of hydrogen-bond acceptors (Lipinski definition) is 3. The highest BCUT2D eigenvalue weighted by molar-refractivity contribution is 5.98. The largest absolute Gasteiger partial charge is 0.372 e. The standard InChI is InChI=1S/C15H16FN3O/c1-17-14-12(6-4-9-18-14)15(20)19-10-8-11-5-2-3-7-13(11)16/h2-7,9H,8,10H2,1H3,(H,17,18)(H,19,20). The molecular formula is C15H16FN3O. The Balaban J connectivity index is 1.94. The first kappa shape index (κ1) is 14.0. The maximum absolute atomic E-state index is 13.4. The normalized spacial score (nSPS) is 10.1. The fraction of sp³-hybridized carbons (Fsp3) is 0.200. The average molecular weight is 273 g/mol. The molecule has 1 heterocycles. The predicted octanol–water partition coefficient (Wildman–Crippen LogP) is 2.23. The molecular weight excluding hydrogens is 257 g/mol. The summed E-state index contributed by atoms with van der Waals surface area (Å²) in [7, 11) is 1.71. The van der Waals surface area contributed by atoms with Gasteiger partial charge in [0, 0.05) is 19.8 Å². The van der Waals surface area contributed by atoms with Crippen LogP contribution in [0.25, 0.3) is 0 Å². The Kier molecular flexibility index (Phi) is 4.65. The van der Waals surface area contributed by atoms with Crippen molar-refractivity contribution in [2.24, 2.45) is 0 Å². The summed E-state index contributed by atoms with van der Waals surface area (Å²) in [5.41, 5.74) is 1.07. The molecule has 0 saturated carbocycles. The number of anilines is 1. The molecule has 0 aliphatic rings.